The van der Waals surface area contributed by atoms with Crippen LogP contribution in [-0.4, -0.2) is 23.9 Å². The molecule has 0 aromatic heterocycles. The average Bonchev–Trinajstić information content (AvgIpc) is 2.95. The molecule has 0 bridgehead atoms. The van der Waals surface area contributed by atoms with E-state index >= 15 is 0 Å². The lowest BCUT2D eigenvalue weighted by molar-refractivity contribution is 0.0124. The first-order valence-electron chi connectivity index (χ1n) is 5.78. The predicted molar refractivity (Wildman–Crippen MR) is 58.3 cm³/mol. The molecule has 0 amide bonds. The molecule has 0 saturated heterocycles. The molecule has 84 valence electrons. The second kappa shape index (κ2) is 5.13. The maximum absolute atomic E-state index is 9.64. The van der Waals surface area contributed by atoms with Crippen molar-refractivity contribution < 1.29 is 9.84 Å². The van der Waals surface area contributed by atoms with Crippen molar-refractivity contribution in [2.45, 2.75) is 64.1 Å². The lowest BCUT2D eigenvalue weighted by Crippen LogP contribution is -2.22. The van der Waals surface area contributed by atoms with Gasteiger partial charge in [0, 0.05) is 7.11 Å². The molecule has 1 fully saturated rings. The van der Waals surface area contributed by atoms with Crippen LogP contribution in [0.3, 0.4) is 0 Å². The Morgan fingerprint density at radius 3 is 2.50 bits per heavy atom. The van der Waals surface area contributed by atoms with Gasteiger partial charge in [0.1, 0.15) is 0 Å². The van der Waals surface area contributed by atoms with Gasteiger partial charge < -0.3 is 9.84 Å². The van der Waals surface area contributed by atoms with Gasteiger partial charge in [0.2, 0.25) is 0 Å². The quantitative estimate of drug-likeness (QED) is 0.640. The number of methoxy groups -OCH3 is 1. The Balaban J connectivity index is 1.98. The van der Waals surface area contributed by atoms with Crippen molar-refractivity contribution >= 4 is 0 Å². The molecule has 0 radical (unpaired) electrons. The SMILES string of the molecule is COC(C)(C)CCCCC(O)C1CC1. The van der Waals surface area contributed by atoms with E-state index in [4.69, 9.17) is 4.74 Å². The second-order valence-electron chi connectivity index (χ2n) is 5.11. The zero-order chi connectivity index (χ0) is 10.6. The van der Waals surface area contributed by atoms with Crippen molar-refractivity contribution in [3.8, 4) is 0 Å². The fourth-order valence-corrected chi connectivity index (χ4v) is 1.72. The lowest BCUT2D eigenvalue weighted by Gasteiger charge is -2.22. The van der Waals surface area contributed by atoms with Gasteiger partial charge in [0.15, 0.2) is 0 Å². The molecule has 1 N–H and O–H groups in total. The highest BCUT2D eigenvalue weighted by Gasteiger charge is 2.29. The van der Waals surface area contributed by atoms with E-state index in [2.05, 4.69) is 13.8 Å². The summed E-state index contributed by atoms with van der Waals surface area (Å²) in [5, 5.41) is 9.64. The van der Waals surface area contributed by atoms with Gasteiger partial charge in [-0.25, -0.2) is 0 Å². The summed E-state index contributed by atoms with van der Waals surface area (Å²) in [4.78, 5) is 0. The summed E-state index contributed by atoms with van der Waals surface area (Å²) in [6.45, 7) is 4.23. The minimum absolute atomic E-state index is 0.00450. The minimum atomic E-state index is -0.0272. The second-order valence-corrected chi connectivity index (χ2v) is 5.11. The highest BCUT2D eigenvalue weighted by atomic mass is 16.5. The fraction of sp³-hybridized carbons (Fsp3) is 1.00. The molecule has 1 aliphatic carbocycles. The average molecular weight is 200 g/mol. The number of aliphatic hydroxyl groups is 1. The van der Waals surface area contributed by atoms with Crippen LogP contribution in [0.2, 0.25) is 0 Å². The summed E-state index contributed by atoms with van der Waals surface area (Å²) >= 11 is 0. The van der Waals surface area contributed by atoms with Gasteiger partial charge in [-0.3, -0.25) is 0 Å². The van der Waals surface area contributed by atoms with Crippen LogP contribution in [0.15, 0.2) is 0 Å². The van der Waals surface area contributed by atoms with Crippen molar-refractivity contribution in [3.05, 3.63) is 0 Å². The number of unbranched alkanes of at least 4 members (excludes halogenated alkanes) is 1. The molecule has 0 aliphatic heterocycles. The summed E-state index contributed by atoms with van der Waals surface area (Å²) in [7, 11) is 1.76. The van der Waals surface area contributed by atoms with Crippen molar-refractivity contribution in [1.29, 1.82) is 0 Å². The van der Waals surface area contributed by atoms with E-state index in [0.717, 1.165) is 25.7 Å². The summed E-state index contributed by atoms with van der Waals surface area (Å²) < 4.78 is 5.34. The molecule has 2 nitrogen and oxygen atoms in total. The van der Waals surface area contributed by atoms with Crippen molar-refractivity contribution in [2.75, 3.05) is 7.11 Å². The zero-order valence-electron chi connectivity index (χ0n) is 9.75. The zero-order valence-corrected chi connectivity index (χ0v) is 9.75. The van der Waals surface area contributed by atoms with Crippen molar-refractivity contribution in [3.63, 3.8) is 0 Å². The Bertz CT molecular complexity index is 162. The van der Waals surface area contributed by atoms with Crippen LogP contribution in [0.5, 0.6) is 0 Å². The van der Waals surface area contributed by atoms with E-state index in [0.29, 0.717) is 5.92 Å². The molecular formula is C12H24O2. The summed E-state index contributed by atoms with van der Waals surface area (Å²) in [5.41, 5.74) is 0.00450. The van der Waals surface area contributed by atoms with Gasteiger partial charge in [0.25, 0.3) is 0 Å². The molecule has 2 heteroatoms. The van der Waals surface area contributed by atoms with Crippen LogP contribution in [0, 0.1) is 5.92 Å². The molecule has 1 aliphatic rings. The Morgan fingerprint density at radius 2 is 2.00 bits per heavy atom. The molecule has 1 rings (SSSR count). The number of hydrogen-bond donors (Lipinski definition) is 1. The Kier molecular flexibility index (Phi) is 4.39. The molecule has 0 heterocycles. The molecular weight excluding hydrogens is 176 g/mol. The Hall–Kier alpha value is -0.0800. The van der Waals surface area contributed by atoms with Gasteiger partial charge in [-0.15, -0.1) is 0 Å². The molecule has 1 saturated carbocycles. The first-order chi connectivity index (χ1) is 6.55. The third-order valence-electron chi connectivity index (χ3n) is 3.25. The van der Waals surface area contributed by atoms with E-state index in [-0.39, 0.29) is 11.7 Å². The van der Waals surface area contributed by atoms with E-state index in [1.165, 1.54) is 12.8 Å². The minimum Gasteiger partial charge on any atom is -0.393 e. The predicted octanol–water partition coefficient (Wildman–Crippen LogP) is 2.74. The largest absolute Gasteiger partial charge is 0.393 e. The lowest BCUT2D eigenvalue weighted by atomic mass is 9.99. The Labute approximate surface area is 87.7 Å². The van der Waals surface area contributed by atoms with Crippen LogP contribution >= 0.6 is 0 Å². The van der Waals surface area contributed by atoms with Crippen LogP contribution in [-0.2, 0) is 4.74 Å². The smallest absolute Gasteiger partial charge is 0.0622 e. The van der Waals surface area contributed by atoms with Crippen LogP contribution in [0.1, 0.15) is 52.4 Å². The number of hydrogen-bond acceptors (Lipinski definition) is 2. The molecule has 0 aromatic rings. The molecule has 1 atom stereocenters. The van der Waals surface area contributed by atoms with E-state index < -0.39 is 0 Å². The number of aliphatic hydroxyl groups excluding tert-OH is 1. The highest BCUT2D eigenvalue weighted by molar-refractivity contribution is 4.80. The van der Waals surface area contributed by atoms with Gasteiger partial charge in [-0.1, -0.05) is 12.8 Å². The maximum atomic E-state index is 9.64. The monoisotopic (exact) mass is 200 g/mol. The van der Waals surface area contributed by atoms with Gasteiger partial charge >= 0.3 is 0 Å². The first-order valence-corrected chi connectivity index (χ1v) is 5.78. The third-order valence-corrected chi connectivity index (χ3v) is 3.25. The molecule has 0 aromatic carbocycles. The van der Waals surface area contributed by atoms with E-state index in [9.17, 15) is 5.11 Å². The highest BCUT2D eigenvalue weighted by Crippen LogP contribution is 2.34. The molecule has 0 spiro atoms. The molecule has 1 unspecified atom stereocenters. The van der Waals surface area contributed by atoms with Crippen LogP contribution in [0.25, 0.3) is 0 Å². The molecule has 14 heavy (non-hydrogen) atoms. The Morgan fingerprint density at radius 1 is 1.36 bits per heavy atom. The summed E-state index contributed by atoms with van der Waals surface area (Å²) in [5.74, 6) is 0.630. The van der Waals surface area contributed by atoms with Crippen molar-refractivity contribution in [2.24, 2.45) is 5.92 Å². The third kappa shape index (κ3) is 4.43. The van der Waals surface area contributed by atoms with Crippen LogP contribution < -0.4 is 0 Å². The normalized spacial score (nSPS) is 19.7. The van der Waals surface area contributed by atoms with Crippen LogP contribution in [0.4, 0.5) is 0 Å². The van der Waals surface area contributed by atoms with E-state index in [1.54, 1.807) is 7.11 Å². The number of rotatable bonds is 7. The summed E-state index contributed by atoms with van der Waals surface area (Å²) in [6, 6.07) is 0. The summed E-state index contributed by atoms with van der Waals surface area (Å²) in [6.07, 6.45) is 6.80. The van der Waals surface area contributed by atoms with Crippen molar-refractivity contribution in [1.82, 2.24) is 0 Å². The topological polar surface area (TPSA) is 29.5 Å². The first kappa shape index (κ1) is 12.0. The number of ether oxygens (including phenoxy) is 1. The fourth-order valence-electron chi connectivity index (χ4n) is 1.72. The van der Waals surface area contributed by atoms with Gasteiger partial charge in [-0.05, 0) is 45.4 Å². The van der Waals surface area contributed by atoms with Gasteiger partial charge in [0.05, 0.1) is 11.7 Å². The van der Waals surface area contributed by atoms with E-state index in [1.807, 2.05) is 0 Å². The van der Waals surface area contributed by atoms with Gasteiger partial charge in [-0.2, -0.15) is 0 Å². The maximum Gasteiger partial charge on any atom is 0.0622 e. The standard InChI is InChI=1S/C12H24O2/c1-12(2,14-3)9-5-4-6-11(13)10-7-8-10/h10-11,13H,4-9H2,1-3H3.